The highest BCUT2D eigenvalue weighted by Gasteiger charge is 2.27. The molecule has 0 spiro atoms. The Kier molecular flexibility index (Phi) is 4.62. The Morgan fingerprint density at radius 3 is 2.53 bits per heavy atom. The molecular formula is C13H16BrClO2. The molecule has 0 heterocycles. The van der Waals surface area contributed by atoms with E-state index in [1.165, 1.54) is 0 Å². The van der Waals surface area contributed by atoms with Crippen LogP contribution >= 0.6 is 27.5 Å². The first-order valence-electron chi connectivity index (χ1n) is 5.37. The summed E-state index contributed by atoms with van der Waals surface area (Å²) < 4.78 is 0. The Balaban J connectivity index is 2.78. The van der Waals surface area contributed by atoms with Gasteiger partial charge in [0.05, 0.1) is 9.85 Å². The molecule has 17 heavy (non-hydrogen) atoms. The molecule has 94 valence electrons. The Labute approximate surface area is 115 Å². The summed E-state index contributed by atoms with van der Waals surface area (Å²) in [5, 5.41) is 9.62. The molecule has 0 radical (unpaired) electrons. The molecule has 1 aromatic rings. The highest BCUT2D eigenvalue weighted by molar-refractivity contribution is 9.10. The summed E-state index contributed by atoms with van der Waals surface area (Å²) in [6, 6.07) is 4.99. The minimum Gasteiger partial charge on any atom is -0.506 e. The molecule has 0 aliphatic rings. The van der Waals surface area contributed by atoms with E-state index in [-0.39, 0.29) is 21.8 Å². The maximum absolute atomic E-state index is 12.0. The molecule has 4 heteroatoms. The van der Waals surface area contributed by atoms with Crippen molar-refractivity contribution in [2.75, 3.05) is 0 Å². The maximum atomic E-state index is 12.0. The fourth-order valence-corrected chi connectivity index (χ4v) is 2.71. The highest BCUT2D eigenvalue weighted by Crippen LogP contribution is 2.27. The number of carbonyl (C=O) groups excluding carboxylic acids is 1. The molecule has 1 atom stereocenters. The number of phenols is 1. The second-order valence-electron chi connectivity index (χ2n) is 5.07. The predicted molar refractivity (Wildman–Crippen MR) is 74.0 cm³/mol. The second kappa shape index (κ2) is 5.40. The van der Waals surface area contributed by atoms with Crippen LogP contribution in [0, 0.1) is 5.41 Å². The third kappa shape index (κ3) is 4.00. The lowest BCUT2D eigenvalue weighted by Crippen LogP contribution is -2.29. The molecule has 0 amide bonds. The van der Waals surface area contributed by atoms with Gasteiger partial charge < -0.3 is 5.11 Å². The van der Waals surface area contributed by atoms with Gasteiger partial charge in [0.1, 0.15) is 5.75 Å². The standard InChI is InChI=1S/C13H16BrClO2/c1-13(2,3)12(17)9(14)6-8-4-5-11(16)10(15)7-8/h4-5,7,9,16H,6H2,1-3H3. The maximum Gasteiger partial charge on any atom is 0.152 e. The van der Waals surface area contributed by atoms with Gasteiger partial charge in [-0.05, 0) is 24.1 Å². The lowest BCUT2D eigenvalue weighted by atomic mass is 9.87. The minimum absolute atomic E-state index is 0.0590. The Bertz CT molecular complexity index is 424. The van der Waals surface area contributed by atoms with Crippen molar-refractivity contribution in [2.45, 2.75) is 32.0 Å². The quantitative estimate of drug-likeness (QED) is 0.856. The number of phenolic OH excluding ortho intramolecular Hbond substituents is 1. The first-order chi connectivity index (χ1) is 7.71. The first kappa shape index (κ1) is 14.5. The Morgan fingerprint density at radius 1 is 1.47 bits per heavy atom. The number of halogens is 2. The van der Waals surface area contributed by atoms with E-state index < -0.39 is 0 Å². The lowest BCUT2D eigenvalue weighted by molar-refractivity contribution is -0.125. The number of Topliss-reactive ketones (excluding diaryl/α,β-unsaturated/α-hetero) is 1. The minimum atomic E-state index is -0.366. The van der Waals surface area contributed by atoms with Crippen molar-refractivity contribution >= 4 is 33.3 Å². The summed E-state index contributed by atoms with van der Waals surface area (Å²) in [5.74, 6) is 0.213. The third-order valence-electron chi connectivity index (χ3n) is 2.45. The topological polar surface area (TPSA) is 37.3 Å². The summed E-state index contributed by atoms with van der Waals surface area (Å²) in [6.45, 7) is 5.69. The van der Waals surface area contributed by atoms with Crippen LogP contribution in [-0.4, -0.2) is 15.7 Å². The third-order valence-corrected chi connectivity index (χ3v) is 3.49. The number of rotatable bonds is 3. The predicted octanol–water partition coefficient (Wildman–Crippen LogP) is 3.97. The fraction of sp³-hybridized carbons (Fsp3) is 0.462. The van der Waals surface area contributed by atoms with Crippen molar-refractivity contribution in [1.29, 1.82) is 0 Å². The van der Waals surface area contributed by atoms with E-state index in [0.29, 0.717) is 11.4 Å². The van der Waals surface area contributed by atoms with Crippen molar-refractivity contribution in [2.24, 2.45) is 5.41 Å². The second-order valence-corrected chi connectivity index (χ2v) is 6.58. The number of ketones is 1. The molecule has 0 saturated heterocycles. The highest BCUT2D eigenvalue weighted by atomic mass is 79.9. The number of hydrogen-bond donors (Lipinski definition) is 1. The molecule has 2 nitrogen and oxygen atoms in total. The molecule has 1 rings (SSSR count). The van der Waals surface area contributed by atoms with Crippen molar-refractivity contribution in [1.82, 2.24) is 0 Å². The first-order valence-corrected chi connectivity index (χ1v) is 6.67. The number of alkyl halides is 1. The summed E-state index contributed by atoms with van der Waals surface area (Å²) in [4.78, 5) is 11.8. The number of aromatic hydroxyl groups is 1. The summed E-state index contributed by atoms with van der Waals surface area (Å²) >= 11 is 9.22. The van der Waals surface area contributed by atoms with Crippen LogP contribution in [0.3, 0.4) is 0 Å². The molecule has 1 unspecified atom stereocenters. The SMILES string of the molecule is CC(C)(C)C(=O)C(Br)Cc1ccc(O)c(Cl)c1. The molecule has 1 N–H and O–H groups in total. The van der Waals surface area contributed by atoms with E-state index in [1.54, 1.807) is 18.2 Å². The van der Waals surface area contributed by atoms with Crippen LogP contribution in [0.4, 0.5) is 0 Å². The average molecular weight is 320 g/mol. The number of hydrogen-bond acceptors (Lipinski definition) is 2. The van der Waals surface area contributed by atoms with Crippen LogP contribution in [0.25, 0.3) is 0 Å². The van der Waals surface area contributed by atoms with Crippen LogP contribution in [0.2, 0.25) is 5.02 Å². The molecular weight excluding hydrogens is 303 g/mol. The summed E-state index contributed by atoms with van der Waals surface area (Å²) in [7, 11) is 0. The van der Waals surface area contributed by atoms with E-state index >= 15 is 0 Å². The van der Waals surface area contributed by atoms with Gasteiger partial charge in [-0.15, -0.1) is 0 Å². The number of carbonyl (C=O) groups is 1. The van der Waals surface area contributed by atoms with Gasteiger partial charge in [0.15, 0.2) is 5.78 Å². The van der Waals surface area contributed by atoms with Gasteiger partial charge in [-0.25, -0.2) is 0 Å². The molecule has 0 aliphatic carbocycles. The summed E-state index contributed by atoms with van der Waals surface area (Å²) in [6.07, 6.45) is 0.566. The van der Waals surface area contributed by atoms with Gasteiger partial charge >= 0.3 is 0 Å². The van der Waals surface area contributed by atoms with Crippen molar-refractivity contribution in [3.8, 4) is 5.75 Å². The molecule has 1 aromatic carbocycles. The van der Waals surface area contributed by atoms with Crippen LogP contribution in [0.5, 0.6) is 5.75 Å². The van der Waals surface area contributed by atoms with Crippen LogP contribution in [-0.2, 0) is 11.2 Å². The van der Waals surface area contributed by atoms with Gasteiger partial charge in [0.25, 0.3) is 0 Å². The zero-order valence-electron chi connectivity index (χ0n) is 10.1. The largest absolute Gasteiger partial charge is 0.506 e. The Hall–Kier alpha value is -0.540. The van der Waals surface area contributed by atoms with Crippen molar-refractivity contribution < 1.29 is 9.90 Å². The van der Waals surface area contributed by atoms with E-state index in [4.69, 9.17) is 11.6 Å². The molecule has 0 aromatic heterocycles. The zero-order chi connectivity index (χ0) is 13.2. The van der Waals surface area contributed by atoms with Gasteiger partial charge in [0, 0.05) is 5.41 Å². The zero-order valence-corrected chi connectivity index (χ0v) is 12.5. The van der Waals surface area contributed by atoms with E-state index in [9.17, 15) is 9.90 Å². The van der Waals surface area contributed by atoms with Crippen molar-refractivity contribution in [3.05, 3.63) is 28.8 Å². The van der Waals surface area contributed by atoms with Gasteiger partial charge in [-0.3, -0.25) is 4.79 Å². The van der Waals surface area contributed by atoms with E-state index in [1.807, 2.05) is 20.8 Å². The molecule has 0 saturated carbocycles. The van der Waals surface area contributed by atoms with Crippen LogP contribution in [0.1, 0.15) is 26.3 Å². The van der Waals surface area contributed by atoms with Crippen LogP contribution in [0.15, 0.2) is 18.2 Å². The molecule has 0 bridgehead atoms. The molecule has 0 fully saturated rings. The fourth-order valence-electron chi connectivity index (χ4n) is 1.45. The van der Waals surface area contributed by atoms with Gasteiger partial charge in [-0.1, -0.05) is 54.4 Å². The monoisotopic (exact) mass is 318 g/mol. The van der Waals surface area contributed by atoms with Gasteiger partial charge in [0.2, 0.25) is 0 Å². The van der Waals surface area contributed by atoms with E-state index in [0.717, 1.165) is 5.56 Å². The summed E-state index contributed by atoms with van der Waals surface area (Å²) in [5.41, 5.74) is 0.557. The average Bonchev–Trinajstić information content (AvgIpc) is 2.21. The smallest absolute Gasteiger partial charge is 0.152 e. The molecule has 0 aliphatic heterocycles. The number of benzene rings is 1. The lowest BCUT2D eigenvalue weighted by Gasteiger charge is -2.20. The van der Waals surface area contributed by atoms with Gasteiger partial charge in [-0.2, -0.15) is 0 Å². The van der Waals surface area contributed by atoms with Crippen molar-refractivity contribution in [3.63, 3.8) is 0 Å². The van der Waals surface area contributed by atoms with Crippen LogP contribution < -0.4 is 0 Å². The Morgan fingerprint density at radius 2 is 2.06 bits per heavy atom. The van der Waals surface area contributed by atoms with E-state index in [2.05, 4.69) is 15.9 Å². The normalized spacial score (nSPS) is 13.5.